The van der Waals surface area contributed by atoms with Crippen molar-refractivity contribution in [2.45, 2.75) is 94.9 Å². The zero-order valence-corrected chi connectivity index (χ0v) is 31.0. The molecule has 0 radical (unpaired) electrons. The minimum atomic E-state index is -0.984. The van der Waals surface area contributed by atoms with E-state index in [9.17, 15) is 19.5 Å². The molecule has 4 rings (SSSR count). The molecule has 51 heavy (non-hydrogen) atoms. The maximum absolute atomic E-state index is 14.1. The number of amides is 3. The van der Waals surface area contributed by atoms with Crippen LogP contribution in [0.3, 0.4) is 0 Å². The first-order valence-electron chi connectivity index (χ1n) is 18.0. The maximum Gasteiger partial charge on any atom is 0.243 e. The van der Waals surface area contributed by atoms with Gasteiger partial charge in [0.1, 0.15) is 12.1 Å². The van der Waals surface area contributed by atoms with Crippen molar-refractivity contribution in [3.63, 3.8) is 0 Å². The minimum absolute atomic E-state index is 0. The smallest absolute Gasteiger partial charge is 0.243 e. The standard InChI is InChI=1S/C38H55N7O5.ClH/c1-45(2,3)21-12-17-35(47)42-32(24-29-15-8-5-9-16-29)37(48)44-33(25-30-26-39-27-41-30)38(49)43-31(23-28-13-6-4-7-14-28)34(46)19-22-50-36-18-10-11-20-40-36;/h5,8-11,15-16,18,20,26-28,31-34,46H,4,6-7,12-14,17,19,21-25H2,1-3H3,(H3-,39,41,42,43,44,47,48,49);1H/t31-,32-,33-,34-;/m0./s1. The third-order valence-electron chi connectivity index (χ3n) is 9.18. The van der Waals surface area contributed by atoms with E-state index in [2.05, 4.69) is 52.0 Å². The Morgan fingerprint density at radius 2 is 1.65 bits per heavy atom. The Morgan fingerprint density at radius 3 is 2.31 bits per heavy atom. The first-order valence-corrected chi connectivity index (χ1v) is 18.0. The number of rotatable bonds is 20. The van der Waals surface area contributed by atoms with Gasteiger partial charge < -0.3 is 47.7 Å². The van der Waals surface area contributed by atoms with Crippen LogP contribution in [0, 0.1) is 5.92 Å². The second kappa shape index (κ2) is 21.4. The molecule has 0 spiro atoms. The van der Waals surface area contributed by atoms with Gasteiger partial charge in [-0.1, -0.05) is 68.5 Å². The number of H-pyrrole nitrogens is 1. The predicted octanol–water partition coefficient (Wildman–Crippen LogP) is 0.335. The van der Waals surface area contributed by atoms with Crippen molar-refractivity contribution in [2.75, 3.05) is 34.3 Å². The molecule has 280 valence electrons. The molecular weight excluding hydrogens is 670 g/mol. The molecule has 1 aliphatic rings. The average molecular weight is 726 g/mol. The molecule has 1 fully saturated rings. The lowest BCUT2D eigenvalue weighted by molar-refractivity contribution is -0.870. The molecule has 2 aromatic heterocycles. The van der Waals surface area contributed by atoms with Gasteiger partial charge in [-0.3, -0.25) is 14.4 Å². The van der Waals surface area contributed by atoms with Crippen LogP contribution in [0.4, 0.5) is 0 Å². The number of aromatic nitrogens is 3. The number of ether oxygens (including phenoxy) is 1. The van der Waals surface area contributed by atoms with Crippen LogP contribution in [0.5, 0.6) is 5.88 Å². The van der Waals surface area contributed by atoms with Gasteiger partial charge in [0.25, 0.3) is 0 Å². The Morgan fingerprint density at radius 1 is 0.941 bits per heavy atom. The van der Waals surface area contributed by atoms with Crippen molar-refractivity contribution < 1.29 is 41.1 Å². The van der Waals surface area contributed by atoms with E-state index in [0.717, 1.165) is 42.3 Å². The highest BCUT2D eigenvalue weighted by molar-refractivity contribution is 5.92. The molecule has 4 atom stereocenters. The van der Waals surface area contributed by atoms with E-state index in [1.807, 2.05) is 36.4 Å². The molecule has 0 bridgehead atoms. The van der Waals surface area contributed by atoms with Gasteiger partial charge in [-0.05, 0) is 24.0 Å². The number of nitrogens with one attached hydrogen (secondary N) is 4. The normalized spacial score (nSPS) is 15.8. The lowest BCUT2D eigenvalue weighted by Crippen LogP contribution is -3.00. The van der Waals surface area contributed by atoms with E-state index >= 15 is 0 Å². The summed E-state index contributed by atoms with van der Waals surface area (Å²) in [5, 5.41) is 20.4. The molecule has 3 aromatic rings. The zero-order chi connectivity index (χ0) is 35.8. The third-order valence-corrected chi connectivity index (χ3v) is 9.18. The van der Waals surface area contributed by atoms with Crippen LogP contribution in [0.25, 0.3) is 0 Å². The van der Waals surface area contributed by atoms with E-state index in [-0.39, 0.29) is 44.2 Å². The molecule has 0 aliphatic heterocycles. The summed E-state index contributed by atoms with van der Waals surface area (Å²) in [6.07, 6.45) is 11.8. The first kappa shape index (κ1) is 41.4. The summed E-state index contributed by atoms with van der Waals surface area (Å²) in [5.74, 6) is -0.232. The molecule has 12 nitrogen and oxygen atoms in total. The number of quaternary nitrogens is 1. The first-order chi connectivity index (χ1) is 24.1. The SMILES string of the molecule is C[N+](C)(C)CCCC(=O)N[C@@H](Cc1ccccc1)C(=O)N[C@@H](Cc1cnc[nH]1)C(=O)N[C@@H](CC1CCCCC1)[C@@H](O)CCOc1ccccn1.[Cl-]. The number of carbonyl (C=O) groups is 3. The summed E-state index contributed by atoms with van der Waals surface area (Å²) in [7, 11) is 6.22. The molecule has 1 saturated carbocycles. The van der Waals surface area contributed by atoms with E-state index in [1.54, 1.807) is 24.5 Å². The lowest BCUT2D eigenvalue weighted by atomic mass is 9.83. The van der Waals surface area contributed by atoms with Crippen molar-refractivity contribution in [3.05, 3.63) is 78.5 Å². The fourth-order valence-corrected chi connectivity index (χ4v) is 6.43. The van der Waals surface area contributed by atoms with Crippen LogP contribution in [0.2, 0.25) is 0 Å². The quantitative estimate of drug-likeness (QED) is 0.105. The van der Waals surface area contributed by atoms with Gasteiger partial charge in [0, 0.05) is 56.3 Å². The van der Waals surface area contributed by atoms with Gasteiger partial charge in [-0.15, -0.1) is 0 Å². The van der Waals surface area contributed by atoms with Crippen molar-refractivity contribution in [3.8, 4) is 5.88 Å². The van der Waals surface area contributed by atoms with Gasteiger partial charge >= 0.3 is 0 Å². The number of aliphatic hydroxyl groups excluding tert-OH is 1. The maximum atomic E-state index is 14.1. The number of nitrogens with zero attached hydrogens (tertiary/aromatic N) is 3. The van der Waals surface area contributed by atoms with Gasteiger partial charge in [0.15, 0.2) is 0 Å². The molecule has 5 N–H and O–H groups in total. The second-order valence-corrected chi connectivity index (χ2v) is 14.5. The lowest BCUT2D eigenvalue weighted by Gasteiger charge is -2.31. The number of aromatic amines is 1. The van der Waals surface area contributed by atoms with Gasteiger partial charge in [-0.2, -0.15) is 0 Å². The molecule has 0 saturated heterocycles. The van der Waals surface area contributed by atoms with Crippen molar-refractivity contribution >= 4 is 17.7 Å². The summed E-state index contributed by atoms with van der Waals surface area (Å²) in [4.78, 5) is 52.4. The van der Waals surface area contributed by atoms with Crippen molar-refractivity contribution in [1.82, 2.24) is 30.9 Å². The number of carbonyl (C=O) groups excluding carboxylic acids is 3. The second-order valence-electron chi connectivity index (χ2n) is 14.5. The van der Waals surface area contributed by atoms with Crippen LogP contribution in [0.15, 0.2) is 67.3 Å². The predicted molar refractivity (Wildman–Crippen MR) is 192 cm³/mol. The Bertz CT molecular complexity index is 1430. The Labute approximate surface area is 308 Å². The van der Waals surface area contributed by atoms with Gasteiger partial charge in [-0.25, -0.2) is 9.97 Å². The average Bonchev–Trinajstić information content (AvgIpc) is 3.61. The largest absolute Gasteiger partial charge is 1.00 e. The number of hydrogen-bond donors (Lipinski definition) is 5. The van der Waals surface area contributed by atoms with Crippen LogP contribution in [-0.4, -0.2) is 101 Å². The Kier molecular flexibility index (Phi) is 17.4. The highest BCUT2D eigenvalue weighted by Gasteiger charge is 2.32. The van der Waals surface area contributed by atoms with E-state index < -0.39 is 36.0 Å². The highest BCUT2D eigenvalue weighted by atomic mass is 35.5. The van der Waals surface area contributed by atoms with Crippen LogP contribution >= 0.6 is 0 Å². The molecule has 3 amide bonds. The summed E-state index contributed by atoms with van der Waals surface area (Å²) in [5.41, 5.74) is 1.56. The number of benzene rings is 1. The Balaban J connectivity index is 0.00000702. The van der Waals surface area contributed by atoms with Crippen LogP contribution < -0.4 is 33.1 Å². The van der Waals surface area contributed by atoms with E-state index in [4.69, 9.17) is 4.74 Å². The summed E-state index contributed by atoms with van der Waals surface area (Å²) < 4.78 is 6.49. The molecule has 2 heterocycles. The third kappa shape index (κ3) is 15.4. The number of halogens is 1. The van der Waals surface area contributed by atoms with Crippen molar-refractivity contribution in [2.24, 2.45) is 5.92 Å². The minimum Gasteiger partial charge on any atom is -1.00 e. The summed E-state index contributed by atoms with van der Waals surface area (Å²) >= 11 is 0. The fraction of sp³-hybridized carbons (Fsp3) is 0.553. The van der Waals surface area contributed by atoms with Gasteiger partial charge in [0.2, 0.25) is 23.6 Å². The van der Waals surface area contributed by atoms with E-state index in [1.165, 1.54) is 12.7 Å². The number of imidazole rings is 1. The summed E-state index contributed by atoms with van der Waals surface area (Å²) in [6, 6.07) is 12.5. The molecular formula is C38H56ClN7O5. The Hall–Kier alpha value is -4.00. The van der Waals surface area contributed by atoms with Crippen LogP contribution in [0.1, 0.15) is 69.0 Å². The zero-order valence-electron chi connectivity index (χ0n) is 30.2. The molecule has 0 unspecified atom stereocenters. The molecule has 1 aromatic carbocycles. The van der Waals surface area contributed by atoms with Crippen LogP contribution in [-0.2, 0) is 27.2 Å². The fourth-order valence-electron chi connectivity index (χ4n) is 6.43. The van der Waals surface area contributed by atoms with Crippen molar-refractivity contribution in [1.29, 1.82) is 0 Å². The molecule has 1 aliphatic carbocycles. The highest BCUT2D eigenvalue weighted by Crippen LogP contribution is 2.28. The monoisotopic (exact) mass is 725 g/mol. The summed E-state index contributed by atoms with van der Waals surface area (Å²) in [6.45, 7) is 1.05. The number of pyridine rings is 1. The van der Waals surface area contributed by atoms with E-state index in [0.29, 0.717) is 36.8 Å². The topological polar surface area (TPSA) is 158 Å². The molecule has 13 heteroatoms. The number of aliphatic hydroxyl groups is 1. The number of hydrogen-bond acceptors (Lipinski definition) is 7. The van der Waals surface area contributed by atoms with Gasteiger partial charge in [0.05, 0.1) is 52.8 Å².